The number of aliphatic hydroxyl groups is 1. The third-order valence-corrected chi connectivity index (χ3v) is 4.90. The maximum atomic E-state index is 13.0. The van der Waals surface area contributed by atoms with Crippen molar-refractivity contribution in [1.82, 2.24) is 9.80 Å². The lowest BCUT2D eigenvalue weighted by molar-refractivity contribution is -0.138. The number of rotatable bonds is 6. The van der Waals surface area contributed by atoms with Crippen molar-refractivity contribution in [3.8, 4) is 0 Å². The molecule has 1 atom stereocenters. The van der Waals surface area contributed by atoms with Crippen LogP contribution in [-0.2, 0) is 12.6 Å². The second kappa shape index (κ2) is 8.32. The lowest BCUT2D eigenvalue weighted by Crippen LogP contribution is -2.45. The van der Waals surface area contributed by atoms with Gasteiger partial charge >= 0.3 is 6.18 Å². The van der Waals surface area contributed by atoms with Crippen molar-refractivity contribution in [2.24, 2.45) is 0 Å². The van der Waals surface area contributed by atoms with Crippen molar-refractivity contribution >= 4 is 0 Å². The molecule has 1 heterocycles. The molecule has 0 unspecified atom stereocenters. The van der Waals surface area contributed by atoms with Gasteiger partial charge in [0.2, 0.25) is 0 Å². The number of nitrogens with zero attached hydrogens (tertiary/aromatic N) is 2. The van der Waals surface area contributed by atoms with Crippen LogP contribution in [-0.4, -0.2) is 60.3 Å². The van der Waals surface area contributed by atoms with Gasteiger partial charge in [-0.15, -0.1) is 0 Å². The Morgan fingerprint density at radius 3 is 2.46 bits per heavy atom. The van der Waals surface area contributed by atoms with Gasteiger partial charge in [-0.3, -0.25) is 0 Å². The Labute approximate surface area is 142 Å². The Kier molecular flexibility index (Phi) is 6.66. The molecular formula is C18H27F3N2O. The molecule has 24 heavy (non-hydrogen) atoms. The van der Waals surface area contributed by atoms with Gasteiger partial charge in [-0.2, -0.15) is 13.2 Å². The van der Waals surface area contributed by atoms with Gasteiger partial charge < -0.3 is 14.9 Å². The number of halogens is 3. The number of piperidine rings is 1. The second-order valence-electron chi connectivity index (χ2n) is 6.62. The van der Waals surface area contributed by atoms with E-state index in [0.29, 0.717) is 12.6 Å². The fourth-order valence-electron chi connectivity index (χ4n) is 3.45. The fourth-order valence-corrected chi connectivity index (χ4v) is 3.45. The molecule has 3 nitrogen and oxygen atoms in total. The molecule has 0 aromatic heterocycles. The summed E-state index contributed by atoms with van der Waals surface area (Å²) in [5.74, 6) is 0. The van der Waals surface area contributed by atoms with E-state index in [-0.39, 0.29) is 12.0 Å². The van der Waals surface area contributed by atoms with E-state index in [1.165, 1.54) is 12.1 Å². The highest BCUT2D eigenvalue weighted by atomic mass is 19.4. The lowest BCUT2D eigenvalue weighted by atomic mass is 9.99. The summed E-state index contributed by atoms with van der Waals surface area (Å²) in [4.78, 5) is 4.48. The van der Waals surface area contributed by atoms with Gasteiger partial charge in [-0.25, -0.2) is 0 Å². The van der Waals surface area contributed by atoms with Crippen LogP contribution in [0.2, 0.25) is 0 Å². The number of aliphatic hydroxyl groups excluding tert-OH is 1. The van der Waals surface area contributed by atoms with Crippen LogP contribution in [0.15, 0.2) is 24.3 Å². The van der Waals surface area contributed by atoms with Crippen LogP contribution in [0.4, 0.5) is 13.2 Å². The van der Waals surface area contributed by atoms with Crippen LogP contribution in [0, 0.1) is 0 Å². The molecule has 136 valence electrons. The van der Waals surface area contributed by atoms with Crippen LogP contribution in [0.3, 0.4) is 0 Å². The Balaban J connectivity index is 1.91. The monoisotopic (exact) mass is 344 g/mol. The van der Waals surface area contributed by atoms with Crippen molar-refractivity contribution in [2.45, 2.75) is 44.5 Å². The highest BCUT2D eigenvalue weighted by Crippen LogP contribution is 2.32. The Morgan fingerprint density at radius 2 is 1.88 bits per heavy atom. The van der Waals surface area contributed by atoms with Gasteiger partial charge in [-0.05, 0) is 51.2 Å². The lowest BCUT2D eigenvalue weighted by Gasteiger charge is -2.37. The molecule has 1 aromatic rings. The van der Waals surface area contributed by atoms with E-state index in [0.717, 1.165) is 38.5 Å². The molecular weight excluding hydrogens is 317 g/mol. The molecule has 1 N–H and O–H groups in total. The maximum Gasteiger partial charge on any atom is 0.416 e. The minimum Gasteiger partial charge on any atom is -0.391 e. The van der Waals surface area contributed by atoms with Crippen LogP contribution >= 0.6 is 0 Å². The smallest absolute Gasteiger partial charge is 0.391 e. The van der Waals surface area contributed by atoms with E-state index in [1.807, 2.05) is 7.05 Å². The summed E-state index contributed by atoms with van der Waals surface area (Å²) >= 11 is 0. The van der Waals surface area contributed by atoms with Crippen molar-refractivity contribution in [3.05, 3.63) is 35.4 Å². The molecule has 0 spiro atoms. The number of alkyl halides is 3. The van der Waals surface area contributed by atoms with Crippen LogP contribution in [0.5, 0.6) is 0 Å². The van der Waals surface area contributed by atoms with Crippen molar-refractivity contribution in [3.63, 3.8) is 0 Å². The zero-order valence-electron chi connectivity index (χ0n) is 14.4. The normalized spacial score (nSPS) is 19.0. The van der Waals surface area contributed by atoms with Crippen LogP contribution in [0.25, 0.3) is 0 Å². The van der Waals surface area contributed by atoms with Gasteiger partial charge in [-0.1, -0.05) is 25.1 Å². The molecule has 1 fully saturated rings. The first-order chi connectivity index (χ1) is 11.3. The van der Waals surface area contributed by atoms with Gasteiger partial charge in [0, 0.05) is 19.0 Å². The Morgan fingerprint density at radius 1 is 1.25 bits per heavy atom. The molecule has 0 bridgehead atoms. The minimum absolute atomic E-state index is 0.0217. The molecule has 6 heteroatoms. The third kappa shape index (κ3) is 5.19. The topological polar surface area (TPSA) is 26.7 Å². The molecule has 1 aliphatic heterocycles. The largest absolute Gasteiger partial charge is 0.416 e. The summed E-state index contributed by atoms with van der Waals surface area (Å²) in [6, 6.07) is 5.88. The molecule has 0 aliphatic carbocycles. The average Bonchev–Trinajstić information content (AvgIpc) is 2.54. The summed E-state index contributed by atoms with van der Waals surface area (Å²) in [5, 5.41) is 10.3. The van der Waals surface area contributed by atoms with Crippen molar-refractivity contribution in [2.75, 3.05) is 33.2 Å². The summed E-state index contributed by atoms with van der Waals surface area (Å²) in [5.41, 5.74) is -0.491. The predicted octanol–water partition coefficient (Wildman–Crippen LogP) is 3.02. The molecule has 0 saturated carbocycles. The summed E-state index contributed by atoms with van der Waals surface area (Å²) in [6.45, 7) is 5.67. The minimum atomic E-state index is -4.38. The number of benzene rings is 1. The van der Waals surface area contributed by atoms with E-state index in [9.17, 15) is 18.3 Å². The van der Waals surface area contributed by atoms with Crippen LogP contribution in [0.1, 0.15) is 30.9 Å². The van der Waals surface area contributed by atoms with Crippen LogP contribution < -0.4 is 0 Å². The van der Waals surface area contributed by atoms with E-state index >= 15 is 0 Å². The fraction of sp³-hybridized carbons (Fsp3) is 0.667. The molecule has 2 rings (SSSR count). The molecule has 1 saturated heterocycles. The first-order valence-corrected chi connectivity index (χ1v) is 8.57. The average molecular weight is 344 g/mol. The molecule has 1 aromatic carbocycles. The molecule has 0 radical (unpaired) electrons. The Hall–Kier alpha value is -1.11. The second-order valence-corrected chi connectivity index (χ2v) is 6.62. The van der Waals surface area contributed by atoms with Crippen molar-refractivity contribution in [1.29, 1.82) is 0 Å². The summed E-state index contributed by atoms with van der Waals surface area (Å²) in [7, 11) is 1.95. The van der Waals surface area contributed by atoms with Gasteiger partial charge in [0.15, 0.2) is 0 Å². The van der Waals surface area contributed by atoms with E-state index in [1.54, 1.807) is 6.07 Å². The van der Waals surface area contributed by atoms with Gasteiger partial charge in [0.25, 0.3) is 0 Å². The highest BCUT2D eigenvalue weighted by Gasteiger charge is 2.33. The molecule has 0 amide bonds. The van der Waals surface area contributed by atoms with Gasteiger partial charge in [0.1, 0.15) is 0 Å². The SMILES string of the molecule is CCN1CCC(N(C)C[C@H](O)Cc2ccccc2C(F)(F)F)CC1. The predicted molar refractivity (Wildman–Crippen MR) is 88.9 cm³/mol. The summed E-state index contributed by atoms with van der Waals surface area (Å²) < 4.78 is 39.1. The maximum absolute atomic E-state index is 13.0. The molecule has 1 aliphatic rings. The standard InChI is InChI=1S/C18H27F3N2O/c1-3-23-10-8-15(9-11-23)22(2)13-16(24)12-14-6-4-5-7-17(14)18(19,20)21/h4-7,15-16,24H,3,8-13H2,1-2H3/t16-/m1/s1. The van der Waals surface area contributed by atoms with Crippen molar-refractivity contribution < 1.29 is 18.3 Å². The first-order valence-electron chi connectivity index (χ1n) is 8.57. The number of likely N-dealkylation sites (N-methyl/N-ethyl adjacent to an activating group) is 1. The zero-order valence-corrected chi connectivity index (χ0v) is 14.4. The first kappa shape index (κ1) is 19.2. The van der Waals surface area contributed by atoms with E-state index in [4.69, 9.17) is 0 Å². The quantitative estimate of drug-likeness (QED) is 0.859. The highest BCUT2D eigenvalue weighted by molar-refractivity contribution is 5.30. The number of hydrogen-bond acceptors (Lipinski definition) is 3. The third-order valence-electron chi connectivity index (χ3n) is 4.90. The van der Waals surface area contributed by atoms with E-state index < -0.39 is 17.8 Å². The Bertz CT molecular complexity index is 513. The van der Waals surface area contributed by atoms with Gasteiger partial charge in [0.05, 0.1) is 11.7 Å². The van der Waals surface area contributed by atoms with E-state index in [2.05, 4.69) is 16.7 Å². The number of likely N-dealkylation sites (tertiary alicyclic amines) is 1. The summed E-state index contributed by atoms with van der Waals surface area (Å²) in [6.07, 6.45) is -3.09. The number of hydrogen-bond donors (Lipinski definition) is 1. The zero-order chi connectivity index (χ0) is 17.7.